The SMILES string of the molecule is CC(=O)NC1CCc2cccc3c2N(C1=O)[C@H](C(=O)N[C@H](/C=N/NC(N)=O)CC(=O)O)C3. The molecule has 32 heavy (non-hydrogen) atoms. The van der Waals surface area contributed by atoms with Crippen molar-refractivity contribution in [3.63, 3.8) is 0 Å². The van der Waals surface area contributed by atoms with Crippen molar-refractivity contribution < 1.29 is 29.1 Å². The second kappa shape index (κ2) is 9.45. The summed E-state index contributed by atoms with van der Waals surface area (Å²) < 4.78 is 0. The van der Waals surface area contributed by atoms with Crippen molar-refractivity contribution >= 4 is 41.6 Å². The highest BCUT2D eigenvalue weighted by Crippen LogP contribution is 2.39. The molecule has 5 amide bonds. The molecule has 1 unspecified atom stereocenters. The lowest BCUT2D eigenvalue weighted by atomic mass is 10.0. The summed E-state index contributed by atoms with van der Waals surface area (Å²) in [5, 5.41) is 17.9. The van der Waals surface area contributed by atoms with Gasteiger partial charge in [-0.2, -0.15) is 5.10 Å². The first-order valence-corrected chi connectivity index (χ1v) is 9.99. The number of hydrogen-bond donors (Lipinski definition) is 5. The van der Waals surface area contributed by atoms with Crippen LogP contribution in [0.1, 0.15) is 30.9 Å². The molecule has 170 valence electrons. The fourth-order valence-corrected chi connectivity index (χ4v) is 4.02. The summed E-state index contributed by atoms with van der Waals surface area (Å²) >= 11 is 0. The molecule has 0 aromatic heterocycles. The van der Waals surface area contributed by atoms with E-state index in [9.17, 15) is 24.0 Å². The third-order valence-corrected chi connectivity index (χ3v) is 5.24. The van der Waals surface area contributed by atoms with Crippen LogP contribution in [0, 0.1) is 0 Å². The fourth-order valence-electron chi connectivity index (χ4n) is 4.02. The van der Waals surface area contributed by atoms with Crippen LogP contribution in [0.4, 0.5) is 10.5 Å². The van der Waals surface area contributed by atoms with E-state index < -0.39 is 48.4 Å². The summed E-state index contributed by atoms with van der Waals surface area (Å²) in [6.45, 7) is 1.32. The van der Waals surface area contributed by atoms with Crippen LogP contribution >= 0.6 is 0 Å². The van der Waals surface area contributed by atoms with Gasteiger partial charge in [-0.3, -0.25) is 24.1 Å². The molecular formula is C20H24N6O6. The standard InChI is InChI=1S/C20H24N6O6/c1-10(27)23-14-6-5-11-3-2-4-12-7-15(26(17(11)12)19(14)31)18(30)24-13(8-16(28)29)9-22-25-20(21)32/h2-4,9,13-15H,5-8H2,1H3,(H,23,27)(H,24,30)(H,28,29)(H3,21,25,32)/b22-9+/t13-,14?,15-/m0/s1. The zero-order valence-corrected chi connectivity index (χ0v) is 17.3. The first-order valence-electron chi connectivity index (χ1n) is 9.99. The quantitative estimate of drug-likeness (QED) is 0.266. The average molecular weight is 444 g/mol. The van der Waals surface area contributed by atoms with Crippen molar-refractivity contribution in [1.82, 2.24) is 16.1 Å². The van der Waals surface area contributed by atoms with Gasteiger partial charge >= 0.3 is 12.0 Å². The first-order chi connectivity index (χ1) is 15.2. The van der Waals surface area contributed by atoms with Crippen molar-refractivity contribution in [2.75, 3.05) is 4.90 Å². The maximum Gasteiger partial charge on any atom is 0.332 e. The lowest BCUT2D eigenvalue weighted by molar-refractivity contribution is -0.137. The number of nitrogens with two attached hydrogens (primary N) is 1. The van der Waals surface area contributed by atoms with Crippen LogP contribution in [-0.4, -0.2) is 59.2 Å². The van der Waals surface area contributed by atoms with Gasteiger partial charge in [-0.15, -0.1) is 0 Å². The van der Waals surface area contributed by atoms with E-state index in [1.807, 2.05) is 23.6 Å². The van der Waals surface area contributed by atoms with Gasteiger partial charge in [0.1, 0.15) is 12.1 Å². The molecule has 3 atom stereocenters. The number of rotatable bonds is 7. The van der Waals surface area contributed by atoms with Gasteiger partial charge in [0.25, 0.3) is 0 Å². The summed E-state index contributed by atoms with van der Waals surface area (Å²) in [5.74, 6) is -2.53. The number of aryl methyl sites for hydroxylation is 1. The van der Waals surface area contributed by atoms with Crippen LogP contribution < -0.4 is 26.7 Å². The number of amides is 5. The Morgan fingerprint density at radius 2 is 2.03 bits per heavy atom. The van der Waals surface area contributed by atoms with Crippen molar-refractivity contribution in [3.05, 3.63) is 29.3 Å². The van der Waals surface area contributed by atoms with Gasteiger partial charge in [0.05, 0.1) is 18.2 Å². The van der Waals surface area contributed by atoms with Gasteiger partial charge in [-0.05, 0) is 24.0 Å². The van der Waals surface area contributed by atoms with Gasteiger partial charge in [-0.1, -0.05) is 18.2 Å². The van der Waals surface area contributed by atoms with Crippen molar-refractivity contribution in [1.29, 1.82) is 0 Å². The number of carbonyl (C=O) groups excluding carboxylic acids is 4. The van der Waals surface area contributed by atoms with Gasteiger partial charge in [-0.25, -0.2) is 10.2 Å². The largest absolute Gasteiger partial charge is 0.481 e. The Labute approximate surface area is 183 Å². The number of nitrogens with one attached hydrogen (secondary N) is 3. The topological polar surface area (TPSA) is 183 Å². The van der Waals surface area contributed by atoms with E-state index in [1.54, 1.807) is 0 Å². The van der Waals surface area contributed by atoms with Crippen LogP contribution in [0.2, 0.25) is 0 Å². The monoisotopic (exact) mass is 444 g/mol. The van der Waals surface area contributed by atoms with Crippen LogP contribution in [0.3, 0.4) is 0 Å². The zero-order valence-electron chi connectivity index (χ0n) is 17.3. The highest BCUT2D eigenvalue weighted by molar-refractivity contribution is 6.08. The molecule has 1 aromatic carbocycles. The summed E-state index contributed by atoms with van der Waals surface area (Å²) in [6.07, 6.45) is 1.74. The maximum absolute atomic E-state index is 13.3. The Morgan fingerprint density at radius 3 is 2.69 bits per heavy atom. The fraction of sp³-hybridized carbons (Fsp3) is 0.400. The molecular weight excluding hydrogens is 420 g/mol. The summed E-state index contributed by atoms with van der Waals surface area (Å²) in [7, 11) is 0. The van der Waals surface area contributed by atoms with Crippen molar-refractivity contribution in [2.24, 2.45) is 10.8 Å². The number of carboxylic acid groups (broad SMARTS) is 1. The summed E-state index contributed by atoms with van der Waals surface area (Å²) in [5.41, 5.74) is 9.23. The van der Waals surface area contributed by atoms with Gasteiger partial charge in [0, 0.05) is 19.6 Å². The number of aliphatic carboxylic acids is 1. The highest BCUT2D eigenvalue weighted by Gasteiger charge is 2.44. The zero-order chi connectivity index (χ0) is 23.4. The Balaban J connectivity index is 1.87. The molecule has 12 nitrogen and oxygen atoms in total. The normalized spacial score (nSPS) is 20.3. The Bertz CT molecular complexity index is 993. The second-order valence-electron chi connectivity index (χ2n) is 7.61. The Kier molecular flexibility index (Phi) is 6.71. The highest BCUT2D eigenvalue weighted by atomic mass is 16.4. The molecule has 0 aliphatic carbocycles. The predicted octanol–water partition coefficient (Wildman–Crippen LogP) is -0.991. The number of primary amides is 1. The number of anilines is 1. The molecule has 0 bridgehead atoms. The molecule has 12 heteroatoms. The van der Waals surface area contributed by atoms with E-state index in [0.29, 0.717) is 18.5 Å². The van der Waals surface area contributed by atoms with E-state index in [2.05, 4.69) is 15.7 Å². The maximum atomic E-state index is 13.3. The van der Waals surface area contributed by atoms with E-state index >= 15 is 0 Å². The number of para-hydroxylation sites is 1. The Hall–Kier alpha value is -3.96. The molecule has 2 aliphatic rings. The smallest absolute Gasteiger partial charge is 0.332 e. The lowest BCUT2D eigenvalue weighted by Crippen LogP contribution is -2.55. The molecule has 0 saturated carbocycles. The summed E-state index contributed by atoms with van der Waals surface area (Å²) in [6, 6.07) is 1.86. The summed E-state index contributed by atoms with van der Waals surface area (Å²) in [4.78, 5) is 61.4. The number of nitrogens with zero attached hydrogens (tertiary/aromatic N) is 2. The van der Waals surface area contributed by atoms with E-state index in [0.717, 1.165) is 17.3 Å². The molecule has 0 spiro atoms. The van der Waals surface area contributed by atoms with Crippen LogP contribution in [0.5, 0.6) is 0 Å². The van der Waals surface area contributed by atoms with E-state index in [1.165, 1.54) is 11.8 Å². The average Bonchev–Trinajstić information content (AvgIpc) is 3.03. The number of hydrazone groups is 1. The van der Waals surface area contributed by atoms with Crippen molar-refractivity contribution in [3.8, 4) is 0 Å². The van der Waals surface area contributed by atoms with E-state index in [4.69, 9.17) is 10.8 Å². The number of benzene rings is 1. The molecule has 0 saturated heterocycles. The molecule has 0 radical (unpaired) electrons. The number of carbonyl (C=O) groups is 5. The third-order valence-electron chi connectivity index (χ3n) is 5.24. The molecule has 1 aromatic rings. The van der Waals surface area contributed by atoms with Crippen molar-refractivity contribution in [2.45, 2.75) is 50.7 Å². The minimum absolute atomic E-state index is 0.240. The second-order valence-corrected chi connectivity index (χ2v) is 7.61. The third kappa shape index (κ3) is 5.02. The van der Waals surface area contributed by atoms with Crippen LogP contribution in [-0.2, 0) is 32.0 Å². The van der Waals surface area contributed by atoms with Gasteiger partial charge in [0.15, 0.2) is 0 Å². The Morgan fingerprint density at radius 1 is 1.31 bits per heavy atom. The first kappa shape index (κ1) is 22.7. The minimum atomic E-state index is -1.20. The van der Waals surface area contributed by atoms with Gasteiger partial charge in [0.2, 0.25) is 17.7 Å². The number of urea groups is 1. The molecule has 6 N–H and O–H groups in total. The molecule has 3 rings (SSSR count). The molecule has 2 heterocycles. The minimum Gasteiger partial charge on any atom is -0.481 e. The van der Waals surface area contributed by atoms with E-state index in [-0.39, 0.29) is 12.3 Å². The number of hydrogen-bond acceptors (Lipinski definition) is 6. The van der Waals surface area contributed by atoms with Crippen LogP contribution in [0.15, 0.2) is 23.3 Å². The molecule has 0 fully saturated rings. The van der Waals surface area contributed by atoms with Crippen LogP contribution in [0.25, 0.3) is 0 Å². The van der Waals surface area contributed by atoms with Gasteiger partial charge < -0.3 is 21.5 Å². The molecule has 2 aliphatic heterocycles. The number of carboxylic acids is 1. The lowest BCUT2D eigenvalue weighted by Gasteiger charge is -2.28. The predicted molar refractivity (Wildman–Crippen MR) is 113 cm³/mol.